The molecule has 0 bridgehead atoms. The Balaban J connectivity index is 1.97. The van der Waals surface area contributed by atoms with Crippen LogP contribution in [-0.4, -0.2) is 30.1 Å². The van der Waals surface area contributed by atoms with Gasteiger partial charge in [-0.15, -0.1) is 0 Å². The van der Waals surface area contributed by atoms with E-state index in [4.69, 9.17) is 14.2 Å². The number of carbonyl (C=O) groups excluding carboxylic acids is 2. The first-order valence-corrected chi connectivity index (χ1v) is 10.1. The fourth-order valence-electron chi connectivity index (χ4n) is 2.75. The number of aromatic hydroxyl groups is 1. The van der Waals surface area contributed by atoms with E-state index in [1.54, 1.807) is 38.1 Å². The summed E-state index contributed by atoms with van der Waals surface area (Å²) in [6.45, 7) is 3.92. The molecule has 3 rings (SSSR count). The van der Waals surface area contributed by atoms with Gasteiger partial charge in [-0.2, -0.15) is 0 Å². The Labute approximate surface area is 182 Å². The van der Waals surface area contributed by atoms with Crippen molar-refractivity contribution in [1.29, 1.82) is 0 Å². The highest BCUT2D eigenvalue weighted by Gasteiger charge is 2.37. The maximum absolute atomic E-state index is 12.9. The minimum atomic E-state index is -0.772. The van der Waals surface area contributed by atoms with Crippen LogP contribution in [0.2, 0.25) is 0 Å². The third-order valence-electron chi connectivity index (χ3n) is 4.05. The first-order chi connectivity index (χ1) is 14.4. The van der Waals surface area contributed by atoms with Gasteiger partial charge in [-0.1, -0.05) is 18.2 Å². The van der Waals surface area contributed by atoms with Gasteiger partial charge in [0.05, 0.1) is 17.7 Å². The predicted molar refractivity (Wildman–Crippen MR) is 115 cm³/mol. The molecule has 0 unspecified atom stereocenters. The summed E-state index contributed by atoms with van der Waals surface area (Å²) in [5, 5.41) is 13.0. The van der Waals surface area contributed by atoms with Crippen molar-refractivity contribution in [2.45, 2.75) is 13.8 Å². The molecule has 0 aliphatic carbocycles. The highest BCUT2D eigenvalue weighted by molar-refractivity contribution is 9.10. The van der Waals surface area contributed by atoms with Gasteiger partial charge in [0, 0.05) is 5.69 Å². The molecule has 7 nitrogen and oxygen atoms in total. The maximum Gasteiger partial charge on any atom is 0.347 e. The number of rotatable bonds is 7. The van der Waals surface area contributed by atoms with Gasteiger partial charge in [-0.25, -0.2) is 4.79 Å². The van der Waals surface area contributed by atoms with Crippen LogP contribution in [0, 0.1) is 0 Å². The molecule has 1 aliphatic rings. The lowest BCUT2D eigenvalue weighted by atomic mass is 10.1. The second kappa shape index (κ2) is 9.49. The van der Waals surface area contributed by atoms with Crippen molar-refractivity contribution in [3.05, 3.63) is 69.7 Å². The van der Waals surface area contributed by atoms with Gasteiger partial charge < -0.3 is 24.6 Å². The zero-order valence-electron chi connectivity index (χ0n) is 16.4. The van der Waals surface area contributed by atoms with Gasteiger partial charge >= 0.3 is 5.97 Å². The molecular weight excluding hydrogens is 454 g/mol. The van der Waals surface area contributed by atoms with Crippen LogP contribution in [0.5, 0.6) is 11.5 Å². The van der Waals surface area contributed by atoms with E-state index in [-0.39, 0.29) is 35.3 Å². The predicted octanol–water partition coefficient (Wildman–Crippen LogP) is 4.38. The lowest BCUT2D eigenvalue weighted by Gasteiger charge is -2.10. The van der Waals surface area contributed by atoms with Gasteiger partial charge in [0.1, 0.15) is 0 Å². The molecule has 0 radical (unpaired) electrons. The van der Waals surface area contributed by atoms with E-state index < -0.39 is 11.8 Å². The normalized spacial score (nSPS) is 14.6. The molecule has 156 valence electrons. The van der Waals surface area contributed by atoms with E-state index in [0.717, 1.165) is 0 Å². The van der Waals surface area contributed by atoms with E-state index in [2.05, 4.69) is 21.2 Å². The second-order valence-electron chi connectivity index (χ2n) is 6.14. The Hall–Kier alpha value is -3.26. The van der Waals surface area contributed by atoms with Crippen LogP contribution in [-0.2, 0) is 19.1 Å². The number of ketones is 1. The van der Waals surface area contributed by atoms with E-state index in [1.165, 1.54) is 6.08 Å². The minimum Gasteiger partial charge on any atom is -0.503 e. The summed E-state index contributed by atoms with van der Waals surface area (Å²) < 4.78 is 16.5. The van der Waals surface area contributed by atoms with Crippen LogP contribution in [0.1, 0.15) is 19.4 Å². The molecule has 1 aliphatic heterocycles. The topological polar surface area (TPSA) is 94.1 Å². The molecule has 0 spiro atoms. The van der Waals surface area contributed by atoms with Crippen LogP contribution in [0.3, 0.4) is 0 Å². The number of phenols is 1. The Kier molecular flexibility index (Phi) is 6.79. The van der Waals surface area contributed by atoms with Crippen LogP contribution in [0.4, 0.5) is 5.69 Å². The minimum absolute atomic E-state index is 0.00113. The number of para-hydroxylation sites is 1. The molecule has 0 aromatic heterocycles. The molecule has 0 saturated carbocycles. The first kappa shape index (κ1) is 21.4. The molecular formula is C22H20BrNO6. The van der Waals surface area contributed by atoms with Gasteiger partial charge in [0.2, 0.25) is 11.7 Å². The number of phenolic OH excluding ortho intramolecular Hbond substituents is 1. The molecule has 2 aromatic carbocycles. The molecule has 0 atom stereocenters. The van der Waals surface area contributed by atoms with E-state index >= 15 is 0 Å². The quantitative estimate of drug-likeness (QED) is 0.350. The summed E-state index contributed by atoms with van der Waals surface area (Å²) >= 11 is 3.26. The van der Waals surface area contributed by atoms with Gasteiger partial charge in [-0.05, 0) is 65.7 Å². The van der Waals surface area contributed by atoms with Gasteiger partial charge in [0.25, 0.3) is 0 Å². The molecule has 2 N–H and O–H groups in total. The number of carbonyl (C=O) groups is 2. The lowest BCUT2D eigenvalue weighted by Crippen LogP contribution is -2.16. The van der Waals surface area contributed by atoms with Crippen LogP contribution in [0.25, 0.3) is 6.08 Å². The number of nitrogens with one attached hydrogen (secondary N) is 1. The third kappa shape index (κ3) is 4.65. The summed E-state index contributed by atoms with van der Waals surface area (Å²) in [6.07, 6.45) is 1.47. The Morgan fingerprint density at radius 2 is 1.93 bits per heavy atom. The highest BCUT2D eigenvalue weighted by atomic mass is 79.9. The zero-order valence-corrected chi connectivity index (χ0v) is 18.0. The fraction of sp³-hybridized carbons (Fsp3) is 0.182. The number of hydrogen-bond acceptors (Lipinski definition) is 7. The second-order valence-corrected chi connectivity index (χ2v) is 6.99. The number of esters is 1. The molecule has 8 heteroatoms. The molecule has 0 fully saturated rings. The summed E-state index contributed by atoms with van der Waals surface area (Å²) in [6, 6.07) is 12.2. The maximum atomic E-state index is 12.9. The highest BCUT2D eigenvalue weighted by Crippen LogP contribution is 2.37. The van der Waals surface area contributed by atoms with Crippen molar-refractivity contribution < 1.29 is 28.9 Å². The van der Waals surface area contributed by atoms with Gasteiger partial charge in [0.15, 0.2) is 22.8 Å². The van der Waals surface area contributed by atoms with Crippen molar-refractivity contribution in [1.82, 2.24) is 0 Å². The Morgan fingerprint density at radius 1 is 1.20 bits per heavy atom. The summed E-state index contributed by atoms with van der Waals surface area (Å²) in [7, 11) is 0. The number of halogens is 1. The third-order valence-corrected chi connectivity index (χ3v) is 4.65. The first-order valence-electron chi connectivity index (χ1n) is 9.27. The number of anilines is 1. The Morgan fingerprint density at radius 3 is 2.60 bits per heavy atom. The van der Waals surface area contributed by atoms with Crippen LogP contribution < -0.4 is 10.1 Å². The summed E-state index contributed by atoms with van der Waals surface area (Å²) in [5.41, 5.74) is 0.972. The lowest BCUT2D eigenvalue weighted by molar-refractivity contribution is -0.139. The largest absolute Gasteiger partial charge is 0.503 e. The fourth-order valence-corrected chi connectivity index (χ4v) is 3.21. The number of hydrogen-bond donors (Lipinski definition) is 2. The number of allylic oxidation sites excluding steroid dienone is 1. The molecule has 0 saturated heterocycles. The number of ether oxygens (including phenoxy) is 3. The molecule has 30 heavy (non-hydrogen) atoms. The monoisotopic (exact) mass is 473 g/mol. The van der Waals surface area contributed by atoms with Crippen molar-refractivity contribution in [3.63, 3.8) is 0 Å². The molecule has 2 aromatic rings. The SMILES string of the molecule is CCOC(=O)C1=C(Nc2ccccc2)OC(=Cc2cc(Br)c(O)c(OCC)c2)C1=O. The molecule has 1 heterocycles. The summed E-state index contributed by atoms with van der Waals surface area (Å²) in [4.78, 5) is 25.3. The van der Waals surface area contributed by atoms with Gasteiger partial charge in [-0.3, -0.25) is 4.79 Å². The smallest absolute Gasteiger partial charge is 0.347 e. The van der Waals surface area contributed by atoms with Crippen molar-refractivity contribution >= 4 is 39.4 Å². The average molecular weight is 474 g/mol. The van der Waals surface area contributed by atoms with Crippen molar-refractivity contribution in [2.24, 2.45) is 0 Å². The van der Waals surface area contributed by atoms with E-state index in [9.17, 15) is 14.7 Å². The van der Waals surface area contributed by atoms with Crippen molar-refractivity contribution in [2.75, 3.05) is 18.5 Å². The van der Waals surface area contributed by atoms with Crippen LogP contribution >= 0.6 is 15.9 Å². The number of Topliss-reactive ketones (excluding diaryl/α,β-unsaturated/α-hetero) is 1. The number of benzene rings is 2. The summed E-state index contributed by atoms with van der Waals surface area (Å²) in [5.74, 6) is -1.23. The van der Waals surface area contributed by atoms with Crippen LogP contribution in [0.15, 0.2) is 64.2 Å². The molecule has 0 amide bonds. The standard InChI is InChI=1S/C22H20BrNO6/c1-3-28-16-11-13(10-15(23)19(16)25)12-17-20(26)18(22(27)29-4-2)21(30-17)24-14-8-6-5-7-9-14/h5-12,24-25H,3-4H2,1-2H3. The Bertz CT molecular complexity index is 1030. The van der Waals surface area contributed by atoms with E-state index in [0.29, 0.717) is 22.3 Å². The van der Waals surface area contributed by atoms with E-state index in [1.807, 2.05) is 18.2 Å². The van der Waals surface area contributed by atoms with Crippen molar-refractivity contribution in [3.8, 4) is 11.5 Å². The zero-order chi connectivity index (χ0) is 21.7. The average Bonchev–Trinajstić information content (AvgIpc) is 3.01.